The van der Waals surface area contributed by atoms with E-state index in [0.717, 1.165) is 6.42 Å². The molecule has 82 valence electrons. The van der Waals surface area contributed by atoms with Crippen LogP contribution in [0.5, 0.6) is 0 Å². The molecular formula is C12H15FO2. The second-order valence-electron chi connectivity index (χ2n) is 3.69. The van der Waals surface area contributed by atoms with E-state index in [2.05, 4.69) is 0 Å². The molecule has 0 aliphatic heterocycles. The van der Waals surface area contributed by atoms with Gasteiger partial charge in [-0.25, -0.2) is 4.39 Å². The summed E-state index contributed by atoms with van der Waals surface area (Å²) in [5.41, 5.74) is 1.18. The smallest absolute Gasteiger partial charge is 0.310 e. The van der Waals surface area contributed by atoms with Crippen LogP contribution in [0.3, 0.4) is 0 Å². The van der Waals surface area contributed by atoms with Crippen LogP contribution in [0, 0.1) is 12.7 Å². The lowest BCUT2D eigenvalue weighted by molar-refractivity contribution is -0.139. The first-order valence-corrected chi connectivity index (χ1v) is 5.05. The molecule has 1 aromatic carbocycles. The van der Waals surface area contributed by atoms with Crippen LogP contribution in [0.25, 0.3) is 0 Å². The van der Waals surface area contributed by atoms with Crippen LogP contribution in [0.1, 0.15) is 36.8 Å². The van der Waals surface area contributed by atoms with Crippen molar-refractivity contribution in [1.82, 2.24) is 0 Å². The Morgan fingerprint density at radius 1 is 1.53 bits per heavy atom. The molecule has 0 amide bonds. The van der Waals surface area contributed by atoms with Crippen LogP contribution >= 0.6 is 0 Å². The molecule has 2 nitrogen and oxygen atoms in total. The molecular weight excluding hydrogens is 195 g/mol. The molecule has 1 N–H and O–H groups in total. The van der Waals surface area contributed by atoms with Gasteiger partial charge in [0.05, 0.1) is 5.92 Å². The van der Waals surface area contributed by atoms with E-state index in [4.69, 9.17) is 5.11 Å². The Labute approximate surface area is 88.7 Å². The van der Waals surface area contributed by atoms with E-state index in [9.17, 15) is 9.18 Å². The number of benzene rings is 1. The second-order valence-corrected chi connectivity index (χ2v) is 3.69. The molecule has 0 heterocycles. The Hall–Kier alpha value is -1.38. The number of halogens is 1. The van der Waals surface area contributed by atoms with Crippen molar-refractivity contribution in [2.75, 3.05) is 0 Å². The molecule has 1 aromatic rings. The van der Waals surface area contributed by atoms with E-state index >= 15 is 0 Å². The average molecular weight is 210 g/mol. The summed E-state index contributed by atoms with van der Waals surface area (Å²) in [6.07, 6.45) is 1.38. The number of carbonyl (C=O) groups is 1. The molecule has 0 bridgehead atoms. The lowest BCUT2D eigenvalue weighted by atomic mass is 9.93. The van der Waals surface area contributed by atoms with Crippen LogP contribution in [0.15, 0.2) is 18.2 Å². The molecule has 0 spiro atoms. The zero-order chi connectivity index (χ0) is 11.4. The first-order chi connectivity index (χ1) is 7.06. The molecule has 0 fully saturated rings. The zero-order valence-corrected chi connectivity index (χ0v) is 8.96. The SMILES string of the molecule is CCCC(C(=O)O)c1ccc(F)c(C)c1. The fourth-order valence-corrected chi connectivity index (χ4v) is 1.61. The standard InChI is InChI=1S/C12H15FO2/c1-3-4-10(12(14)15)9-5-6-11(13)8(2)7-9/h5-7,10H,3-4H2,1-2H3,(H,14,15). The molecule has 0 saturated heterocycles. The van der Waals surface area contributed by atoms with E-state index in [1.165, 1.54) is 6.07 Å². The van der Waals surface area contributed by atoms with Gasteiger partial charge in [0.2, 0.25) is 0 Å². The summed E-state index contributed by atoms with van der Waals surface area (Å²) in [5.74, 6) is -1.66. The highest BCUT2D eigenvalue weighted by Gasteiger charge is 2.19. The van der Waals surface area contributed by atoms with E-state index < -0.39 is 11.9 Å². The van der Waals surface area contributed by atoms with Crippen molar-refractivity contribution < 1.29 is 14.3 Å². The predicted octanol–water partition coefficient (Wildman–Crippen LogP) is 3.10. The van der Waals surface area contributed by atoms with Crippen LogP contribution in [-0.4, -0.2) is 11.1 Å². The summed E-state index contributed by atoms with van der Waals surface area (Å²) in [5, 5.41) is 9.02. The minimum Gasteiger partial charge on any atom is -0.481 e. The quantitative estimate of drug-likeness (QED) is 0.829. The number of hydrogen-bond donors (Lipinski definition) is 1. The van der Waals surface area contributed by atoms with E-state index in [1.807, 2.05) is 6.92 Å². The monoisotopic (exact) mass is 210 g/mol. The van der Waals surface area contributed by atoms with Crippen LogP contribution in [-0.2, 0) is 4.79 Å². The summed E-state index contributed by atoms with van der Waals surface area (Å²) in [6.45, 7) is 3.58. The van der Waals surface area contributed by atoms with Crippen molar-refractivity contribution in [1.29, 1.82) is 0 Å². The first-order valence-electron chi connectivity index (χ1n) is 5.05. The van der Waals surface area contributed by atoms with Crippen molar-refractivity contribution >= 4 is 5.97 Å². The molecule has 3 heteroatoms. The van der Waals surface area contributed by atoms with Gasteiger partial charge in [0, 0.05) is 0 Å². The predicted molar refractivity (Wildman–Crippen MR) is 56.4 cm³/mol. The number of aryl methyl sites for hydroxylation is 1. The number of hydrogen-bond acceptors (Lipinski definition) is 1. The van der Waals surface area contributed by atoms with Crippen molar-refractivity contribution in [3.8, 4) is 0 Å². The minimum absolute atomic E-state index is 0.292. The van der Waals surface area contributed by atoms with Crippen LogP contribution in [0.4, 0.5) is 4.39 Å². The third-order valence-corrected chi connectivity index (χ3v) is 2.46. The van der Waals surface area contributed by atoms with Gasteiger partial charge in [-0.3, -0.25) is 4.79 Å². The van der Waals surface area contributed by atoms with Crippen LogP contribution in [0.2, 0.25) is 0 Å². The fourth-order valence-electron chi connectivity index (χ4n) is 1.61. The summed E-state index contributed by atoms with van der Waals surface area (Å²) in [7, 11) is 0. The topological polar surface area (TPSA) is 37.3 Å². The maximum atomic E-state index is 13.0. The molecule has 1 unspecified atom stereocenters. The lowest BCUT2D eigenvalue weighted by Gasteiger charge is -2.12. The van der Waals surface area contributed by atoms with Gasteiger partial charge in [0.15, 0.2) is 0 Å². The third-order valence-electron chi connectivity index (χ3n) is 2.46. The molecule has 0 aromatic heterocycles. The number of rotatable bonds is 4. The van der Waals surface area contributed by atoms with Gasteiger partial charge in [-0.05, 0) is 30.5 Å². The first kappa shape index (κ1) is 11.7. The lowest BCUT2D eigenvalue weighted by Crippen LogP contribution is -2.11. The van der Waals surface area contributed by atoms with Gasteiger partial charge in [-0.15, -0.1) is 0 Å². The maximum absolute atomic E-state index is 13.0. The highest BCUT2D eigenvalue weighted by atomic mass is 19.1. The molecule has 0 aliphatic carbocycles. The van der Waals surface area contributed by atoms with Gasteiger partial charge in [-0.1, -0.05) is 25.5 Å². The minimum atomic E-state index is -0.845. The highest BCUT2D eigenvalue weighted by Crippen LogP contribution is 2.23. The van der Waals surface area contributed by atoms with Gasteiger partial charge in [-0.2, -0.15) is 0 Å². The van der Waals surface area contributed by atoms with E-state index in [-0.39, 0.29) is 5.82 Å². The summed E-state index contributed by atoms with van der Waals surface area (Å²) in [6, 6.07) is 4.50. The molecule has 1 rings (SSSR count). The van der Waals surface area contributed by atoms with Gasteiger partial charge >= 0.3 is 5.97 Å². The fraction of sp³-hybridized carbons (Fsp3) is 0.417. The van der Waals surface area contributed by atoms with Crippen molar-refractivity contribution in [2.45, 2.75) is 32.6 Å². The van der Waals surface area contributed by atoms with E-state index in [1.54, 1.807) is 19.1 Å². The Balaban J connectivity index is 3.01. The highest BCUT2D eigenvalue weighted by molar-refractivity contribution is 5.76. The molecule has 1 atom stereocenters. The number of aliphatic carboxylic acids is 1. The van der Waals surface area contributed by atoms with Crippen molar-refractivity contribution in [3.63, 3.8) is 0 Å². The zero-order valence-electron chi connectivity index (χ0n) is 8.96. The summed E-state index contributed by atoms with van der Waals surface area (Å²) >= 11 is 0. The summed E-state index contributed by atoms with van der Waals surface area (Å²) < 4.78 is 13.0. The van der Waals surface area contributed by atoms with Gasteiger partial charge in [0.25, 0.3) is 0 Å². The maximum Gasteiger partial charge on any atom is 0.310 e. The third kappa shape index (κ3) is 2.78. The average Bonchev–Trinajstić information content (AvgIpc) is 2.18. The number of carboxylic acids is 1. The Morgan fingerprint density at radius 3 is 2.67 bits per heavy atom. The van der Waals surface area contributed by atoms with Gasteiger partial charge < -0.3 is 5.11 Å². The second kappa shape index (κ2) is 4.91. The molecule has 0 saturated carbocycles. The molecule has 15 heavy (non-hydrogen) atoms. The van der Waals surface area contributed by atoms with Crippen LogP contribution < -0.4 is 0 Å². The van der Waals surface area contributed by atoms with Gasteiger partial charge in [0.1, 0.15) is 5.82 Å². The molecule has 0 radical (unpaired) electrons. The Morgan fingerprint density at radius 2 is 2.20 bits per heavy atom. The summed E-state index contributed by atoms with van der Waals surface area (Å²) in [4.78, 5) is 11.0. The molecule has 0 aliphatic rings. The Kier molecular flexibility index (Phi) is 3.83. The normalized spacial score (nSPS) is 12.5. The van der Waals surface area contributed by atoms with Crippen molar-refractivity contribution in [2.24, 2.45) is 0 Å². The number of carboxylic acid groups (broad SMARTS) is 1. The van der Waals surface area contributed by atoms with Crippen molar-refractivity contribution in [3.05, 3.63) is 35.1 Å². The van der Waals surface area contributed by atoms with E-state index in [0.29, 0.717) is 17.5 Å². The Bertz CT molecular complexity index is 361. The largest absolute Gasteiger partial charge is 0.481 e.